The lowest BCUT2D eigenvalue weighted by molar-refractivity contribution is 1.63. The van der Waals surface area contributed by atoms with Crippen LogP contribution in [0.15, 0.2) is 194 Å². The van der Waals surface area contributed by atoms with Crippen molar-refractivity contribution in [3.05, 3.63) is 194 Å². The fourth-order valence-electron chi connectivity index (χ4n) is 7.53. The summed E-state index contributed by atoms with van der Waals surface area (Å²) in [7, 11) is 0. The van der Waals surface area contributed by atoms with E-state index in [0.717, 1.165) is 43.4 Å². The van der Waals surface area contributed by atoms with Gasteiger partial charge in [0.05, 0.1) is 9.60 Å². The van der Waals surface area contributed by atoms with Gasteiger partial charge in [0.2, 0.25) is 0 Å². The molecule has 10 aromatic carbocycles. The van der Waals surface area contributed by atoms with E-state index in [1.165, 1.54) is 0 Å². The van der Waals surface area contributed by atoms with Gasteiger partial charge in [0, 0.05) is 0 Å². The van der Waals surface area contributed by atoms with E-state index in [2.05, 4.69) is 24.3 Å². The van der Waals surface area contributed by atoms with Crippen LogP contribution in [0.5, 0.6) is 0 Å². The molecular formula is C50H32. The van der Waals surface area contributed by atoms with E-state index in [9.17, 15) is 6.85 Å². The SMILES string of the molecule is [2H]c1c([2H])c([2H])c2c(-c3cccc4ccccc34)c3c([2H])c([2H])c(-c4ccc5ccccc5c4)c([2H])c3c(-c3cccc(-c4cccc5ccccc45)c3)c2c1[2H]. The highest BCUT2D eigenvalue weighted by molar-refractivity contribution is 6.24. The molecule has 0 N–H and O–H groups in total. The molecule has 0 saturated carbocycles. The van der Waals surface area contributed by atoms with Crippen LogP contribution in [0.25, 0.3) is 98.4 Å². The summed E-state index contributed by atoms with van der Waals surface area (Å²) in [5.74, 6) is 0. The van der Waals surface area contributed by atoms with Gasteiger partial charge in [-0.3, -0.25) is 0 Å². The Kier molecular flexibility index (Phi) is 5.14. The molecule has 0 radical (unpaired) electrons. The minimum absolute atomic E-state index is 0.0163. The zero-order valence-electron chi connectivity index (χ0n) is 33.9. The predicted molar refractivity (Wildman–Crippen MR) is 216 cm³/mol. The van der Waals surface area contributed by atoms with E-state index in [0.29, 0.717) is 38.6 Å². The van der Waals surface area contributed by atoms with Gasteiger partial charge < -0.3 is 0 Å². The summed E-state index contributed by atoms with van der Waals surface area (Å²) in [6, 6.07) is 48.0. The molecule has 0 aliphatic rings. The van der Waals surface area contributed by atoms with Crippen LogP contribution in [0.3, 0.4) is 0 Å². The number of rotatable bonds is 4. The minimum atomic E-state index is -0.389. The van der Waals surface area contributed by atoms with Crippen LogP contribution in [-0.2, 0) is 0 Å². The van der Waals surface area contributed by atoms with Gasteiger partial charge in [-0.25, -0.2) is 0 Å². The first kappa shape index (κ1) is 22.2. The second kappa shape index (κ2) is 11.6. The third-order valence-electron chi connectivity index (χ3n) is 9.85. The fraction of sp³-hybridized carbons (Fsp3) is 0. The molecule has 0 heteroatoms. The van der Waals surface area contributed by atoms with Crippen LogP contribution in [0, 0.1) is 0 Å². The molecule has 10 rings (SSSR count). The lowest BCUT2D eigenvalue weighted by Gasteiger charge is -2.20. The van der Waals surface area contributed by atoms with E-state index in [4.69, 9.17) is 2.74 Å². The number of hydrogen-bond donors (Lipinski definition) is 0. The Labute approximate surface area is 301 Å². The highest BCUT2D eigenvalue weighted by atomic mass is 14.2. The summed E-state index contributed by atoms with van der Waals surface area (Å²) >= 11 is 0. The monoisotopic (exact) mass is 639 g/mol. The molecule has 0 spiro atoms. The fourth-order valence-corrected chi connectivity index (χ4v) is 7.53. The molecule has 50 heavy (non-hydrogen) atoms. The molecule has 0 atom stereocenters. The average Bonchev–Trinajstić information content (AvgIpc) is 3.25. The number of benzene rings is 10. The summed E-state index contributed by atoms with van der Waals surface area (Å²) in [5.41, 5.74) is 4.94. The van der Waals surface area contributed by atoms with E-state index in [1.807, 2.05) is 127 Å². The molecule has 0 aromatic heterocycles. The van der Waals surface area contributed by atoms with Crippen molar-refractivity contribution in [3.63, 3.8) is 0 Å². The first-order valence-corrected chi connectivity index (χ1v) is 16.8. The van der Waals surface area contributed by atoms with Gasteiger partial charge in [0.25, 0.3) is 0 Å². The van der Waals surface area contributed by atoms with Crippen molar-refractivity contribution in [1.82, 2.24) is 0 Å². The smallest absolute Gasteiger partial charge is 0.0616 e. The van der Waals surface area contributed by atoms with Crippen LogP contribution in [-0.4, -0.2) is 0 Å². The van der Waals surface area contributed by atoms with Gasteiger partial charge in [-0.2, -0.15) is 0 Å². The van der Waals surface area contributed by atoms with Crippen molar-refractivity contribution in [1.29, 1.82) is 0 Å². The molecule has 0 heterocycles. The zero-order chi connectivity index (χ0) is 39.1. The van der Waals surface area contributed by atoms with Crippen molar-refractivity contribution in [3.8, 4) is 44.5 Å². The Balaban J connectivity index is 1.44. The predicted octanol–water partition coefficient (Wildman–Crippen LogP) is 14.1. The van der Waals surface area contributed by atoms with E-state index >= 15 is 0 Å². The van der Waals surface area contributed by atoms with Gasteiger partial charge in [0.15, 0.2) is 0 Å². The first-order chi connectivity index (χ1) is 27.7. The Hall–Kier alpha value is -6.50. The molecule has 0 nitrogen and oxygen atoms in total. The van der Waals surface area contributed by atoms with E-state index in [1.54, 1.807) is 0 Å². The summed E-state index contributed by atoms with van der Waals surface area (Å²) in [6.45, 7) is 0. The quantitative estimate of drug-likeness (QED) is 0.168. The normalized spacial score (nSPS) is 13.6. The van der Waals surface area contributed by atoms with Crippen molar-refractivity contribution in [2.24, 2.45) is 0 Å². The highest BCUT2D eigenvalue weighted by Gasteiger charge is 2.19. The Morgan fingerprint density at radius 1 is 0.300 bits per heavy atom. The van der Waals surface area contributed by atoms with Gasteiger partial charge in [-0.1, -0.05) is 176 Å². The van der Waals surface area contributed by atoms with E-state index in [-0.39, 0.29) is 58.6 Å². The largest absolute Gasteiger partial charge is 0.0636 e. The lowest BCUT2D eigenvalue weighted by atomic mass is 9.83. The van der Waals surface area contributed by atoms with Gasteiger partial charge in [-0.15, -0.1) is 0 Å². The third-order valence-corrected chi connectivity index (χ3v) is 9.85. The number of fused-ring (bicyclic) bond motifs is 5. The lowest BCUT2D eigenvalue weighted by Crippen LogP contribution is -1.93. The molecule has 0 aliphatic heterocycles. The van der Waals surface area contributed by atoms with Crippen LogP contribution in [0.2, 0.25) is 0 Å². The molecule has 0 fully saturated rings. The molecule has 0 unspecified atom stereocenters. The van der Waals surface area contributed by atoms with Crippen LogP contribution in [0.1, 0.15) is 9.60 Å². The van der Waals surface area contributed by atoms with Crippen molar-refractivity contribution >= 4 is 53.9 Å². The minimum Gasteiger partial charge on any atom is -0.0616 e. The number of hydrogen-bond acceptors (Lipinski definition) is 0. The molecule has 0 amide bonds. The van der Waals surface area contributed by atoms with Crippen molar-refractivity contribution in [2.45, 2.75) is 0 Å². The summed E-state index contributed by atoms with van der Waals surface area (Å²) in [5, 5.41) is 7.01. The first-order valence-electron chi connectivity index (χ1n) is 20.3. The zero-order valence-corrected chi connectivity index (χ0v) is 26.9. The molecule has 0 saturated heterocycles. The third kappa shape index (κ3) is 4.61. The maximum absolute atomic E-state index is 10.2. The van der Waals surface area contributed by atoms with Gasteiger partial charge in [0.1, 0.15) is 0 Å². The molecule has 10 aromatic rings. The van der Waals surface area contributed by atoms with Crippen LogP contribution in [0.4, 0.5) is 0 Å². The molecular weight excluding hydrogens is 601 g/mol. The standard InChI is InChI=1S/C50H32/c1-2-15-36-30-37(27-26-33(36)12-1)38-28-29-47-48(32-38)49(40-19-9-18-39(31-40)43-24-10-16-34-13-3-5-20-41(34)43)45-22-7-8-23-46(45)50(47)44-25-11-17-35-14-4-6-21-42(35)44/h1-32H/i7D,8D,22D,23D,28D,29D,32D. The maximum atomic E-state index is 10.2. The molecule has 0 aliphatic carbocycles. The Morgan fingerprint density at radius 3 is 1.66 bits per heavy atom. The second-order valence-electron chi connectivity index (χ2n) is 12.7. The van der Waals surface area contributed by atoms with Gasteiger partial charge in [-0.05, 0) is 117 Å². The van der Waals surface area contributed by atoms with Crippen molar-refractivity contribution < 1.29 is 9.60 Å². The van der Waals surface area contributed by atoms with Crippen molar-refractivity contribution in [2.75, 3.05) is 0 Å². The van der Waals surface area contributed by atoms with Gasteiger partial charge >= 0.3 is 0 Å². The summed E-state index contributed by atoms with van der Waals surface area (Å²) in [4.78, 5) is 0. The highest BCUT2D eigenvalue weighted by Crippen LogP contribution is 2.47. The van der Waals surface area contributed by atoms with E-state index < -0.39 is 0 Å². The molecule has 0 bridgehead atoms. The molecule has 232 valence electrons. The second-order valence-corrected chi connectivity index (χ2v) is 12.7. The Morgan fingerprint density at radius 2 is 0.880 bits per heavy atom. The topological polar surface area (TPSA) is 0 Å². The summed E-state index contributed by atoms with van der Waals surface area (Å²) in [6.07, 6.45) is 0. The van der Waals surface area contributed by atoms with Crippen LogP contribution < -0.4 is 0 Å². The average molecular weight is 640 g/mol. The maximum Gasteiger partial charge on any atom is 0.0636 e. The van der Waals surface area contributed by atoms with Crippen LogP contribution >= 0.6 is 0 Å². The Bertz CT molecular complexity index is 3320. The summed E-state index contributed by atoms with van der Waals surface area (Å²) < 4.78 is 66.7.